The third kappa shape index (κ3) is 4.93. The van der Waals surface area contributed by atoms with Gasteiger partial charge in [-0.2, -0.15) is 0 Å². The molecule has 8 heteroatoms. The summed E-state index contributed by atoms with van der Waals surface area (Å²) in [7, 11) is 0. The van der Waals surface area contributed by atoms with Gasteiger partial charge in [0.2, 0.25) is 0 Å². The minimum atomic E-state index is -0.0790. The summed E-state index contributed by atoms with van der Waals surface area (Å²) in [5.41, 5.74) is 2.61. The van der Waals surface area contributed by atoms with Crippen molar-refractivity contribution in [1.29, 1.82) is 0 Å². The van der Waals surface area contributed by atoms with Crippen LogP contribution in [0, 0.1) is 12.8 Å². The van der Waals surface area contributed by atoms with Crippen molar-refractivity contribution in [3.8, 4) is 0 Å². The molecular weight excluding hydrogens is 440 g/mol. The Bertz CT molecular complexity index is 1320. The number of furan rings is 1. The molecular formula is C27H34N6O2. The van der Waals surface area contributed by atoms with Gasteiger partial charge in [-0.25, -0.2) is 4.68 Å². The fourth-order valence-corrected chi connectivity index (χ4v) is 5.48. The van der Waals surface area contributed by atoms with Crippen LogP contribution < -0.4 is 5.56 Å². The molecule has 1 atom stereocenters. The van der Waals surface area contributed by atoms with Gasteiger partial charge in [0.25, 0.3) is 5.56 Å². The van der Waals surface area contributed by atoms with Crippen molar-refractivity contribution in [2.75, 3.05) is 0 Å². The van der Waals surface area contributed by atoms with E-state index in [0.29, 0.717) is 19.1 Å². The van der Waals surface area contributed by atoms with Gasteiger partial charge in [0.15, 0.2) is 5.82 Å². The minimum Gasteiger partial charge on any atom is -0.468 e. The topological polar surface area (TPSA) is 92.8 Å². The molecule has 35 heavy (non-hydrogen) atoms. The van der Waals surface area contributed by atoms with Crippen molar-refractivity contribution in [1.82, 2.24) is 30.1 Å². The summed E-state index contributed by atoms with van der Waals surface area (Å²) in [4.78, 5) is 18.5. The van der Waals surface area contributed by atoms with E-state index in [-0.39, 0.29) is 17.5 Å². The number of H-pyrrole nitrogens is 1. The highest BCUT2D eigenvalue weighted by Gasteiger charge is 2.32. The molecule has 4 aromatic rings. The summed E-state index contributed by atoms with van der Waals surface area (Å²) in [6.45, 7) is 7.40. The van der Waals surface area contributed by atoms with Crippen LogP contribution in [0.15, 0.2) is 51.9 Å². The lowest BCUT2D eigenvalue weighted by Crippen LogP contribution is -2.36. The number of fused-ring (bicyclic) bond motifs is 1. The van der Waals surface area contributed by atoms with Crippen molar-refractivity contribution < 1.29 is 4.42 Å². The summed E-state index contributed by atoms with van der Waals surface area (Å²) in [6.07, 6.45) is 7.58. The van der Waals surface area contributed by atoms with Crippen molar-refractivity contribution in [2.24, 2.45) is 5.92 Å². The molecule has 0 aliphatic heterocycles. The highest BCUT2D eigenvalue weighted by molar-refractivity contribution is 5.81. The maximum atomic E-state index is 13.2. The number of tetrazole rings is 1. The standard InChI is InChI=1S/C27H34N6O2/c1-18(2)25(26-29-30-31-33(26)22-11-5-4-6-12-22)32(17-23-13-8-14-35-23)16-21-15-20-10-7-9-19(3)24(20)28-27(21)34/h7-10,13-15,18,22,25H,4-6,11-12,16-17H2,1-3H3,(H,28,34)/t25-/m1/s1. The van der Waals surface area contributed by atoms with Crippen LogP contribution in [0.4, 0.5) is 0 Å². The molecule has 184 valence electrons. The second-order valence-electron chi connectivity index (χ2n) is 10.1. The van der Waals surface area contributed by atoms with Gasteiger partial charge in [0.05, 0.1) is 30.4 Å². The van der Waals surface area contributed by atoms with Crippen LogP contribution in [0.3, 0.4) is 0 Å². The van der Waals surface area contributed by atoms with Crippen molar-refractivity contribution in [2.45, 2.75) is 78.0 Å². The van der Waals surface area contributed by atoms with E-state index in [9.17, 15) is 4.79 Å². The van der Waals surface area contributed by atoms with E-state index in [2.05, 4.69) is 39.3 Å². The van der Waals surface area contributed by atoms with E-state index < -0.39 is 0 Å². The van der Waals surface area contributed by atoms with Crippen LogP contribution in [0.2, 0.25) is 0 Å². The number of pyridine rings is 1. The van der Waals surface area contributed by atoms with Crippen molar-refractivity contribution in [3.05, 3.63) is 75.7 Å². The number of para-hydroxylation sites is 1. The molecule has 0 bridgehead atoms. The maximum absolute atomic E-state index is 13.2. The predicted octanol–water partition coefficient (Wildman–Crippen LogP) is 5.32. The molecule has 1 aromatic carbocycles. The van der Waals surface area contributed by atoms with Gasteiger partial charge in [-0.05, 0) is 65.3 Å². The third-order valence-corrected chi connectivity index (χ3v) is 7.21. The Hall–Kier alpha value is -3.26. The summed E-state index contributed by atoms with van der Waals surface area (Å²) >= 11 is 0. The quantitative estimate of drug-likeness (QED) is 0.371. The number of aryl methyl sites for hydroxylation is 1. The number of nitrogens with zero attached hydrogens (tertiary/aromatic N) is 5. The molecule has 0 saturated heterocycles. The number of rotatable bonds is 8. The fraction of sp³-hybridized carbons (Fsp3) is 0.481. The molecule has 0 unspecified atom stereocenters. The van der Waals surface area contributed by atoms with E-state index in [4.69, 9.17) is 4.42 Å². The first kappa shape index (κ1) is 23.5. The SMILES string of the molecule is Cc1cccc2cc(CN(Cc3ccco3)[C@@H](c3nnnn3C3CCCCC3)C(C)C)c(=O)[nH]c12. The molecule has 8 nitrogen and oxygen atoms in total. The van der Waals surface area contributed by atoms with Crippen LogP contribution >= 0.6 is 0 Å². The lowest BCUT2D eigenvalue weighted by molar-refractivity contribution is 0.112. The summed E-state index contributed by atoms with van der Waals surface area (Å²) in [5.74, 6) is 1.94. The van der Waals surface area contributed by atoms with Crippen LogP contribution in [-0.4, -0.2) is 30.1 Å². The average Bonchev–Trinajstić information content (AvgIpc) is 3.53. The lowest BCUT2D eigenvalue weighted by atomic mass is 9.94. The second-order valence-corrected chi connectivity index (χ2v) is 10.1. The third-order valence-electron chi connectivity index (χ3n) is 7.21. The molecule has 5 rings (SSSR count). The average molecular weight is 475 g/mol. The van der Waals surface area contributed by atoms with E-state index in [1.807, 2.05) is 48.0 Å². The Morgan fingerprint density at radius 3 is 2.71 bits per heavy atom. The summed E-state index contributed by atoms with van der Waals surface area (Å²) in [6, 6.07) is 12.2. The molecule has 1 aliphatic carbocycles. The number of hydrogen-bond donors (Lipinski definition) is 1. The second kappa shape index (κ2) is 10.2. The van der Waals surface area contributed by atoms with Crippen molar-refractivity contribution in [3.63, 3.8) is 0 Å². The molecule has 0 spiro atoms. The minimum absolute atomic E-state index is 0.0642. The van der Waals surface area contributed by atoms with Crippen LogP contribution in [0.25, 0.3) is 10.9 Å². The van der Waals surface area contributed by atoms with Crippen LogP contribution in [0.5, 0.6) is 0 Å². The Kier molecular flexibility index (Phi) is 6.81. The smallest absolute Gasteiger partial charge is 0.252 e. The first-order chi connectivity index (χ1) is 17.0. The Morgan fingerprint density at radius 1 is 1.14 bits per heavy atom. The predicted molar refractivity (Wildman–Crippen MR) is 135 cm³/mol. The van der Waals surface area contributed by atoms with Crippen LogP contribution in [-0.2, 0) is 13.1 Å². The van der Waals surface area contributed by atoms with Gasteiger partial charge in [-0.15, -0.1) is 5.10 Å². The molecule has 3 heterocycles. The largest absolute Gasteiger partial charge is 0.468 e. The molecule has 0 radical (unpaired) electrons. The molecule has 3 aromatic heterocycles. The highest BCUT2D eigenvalue weighted by atomic mass is 16.3. The number of benzene rings is 1. The van der Waals surface area contributed by atoms with E-state index in [1.165, 1.54) is 19.3 Å². The zero-order chi connectivity index (χ0) is 24.4. The normalized spacial score (nSPS) is 15.9. The molecule has 1 saturated carbocycles. The Balaban J connectivity index is 1.54. The lowest BCUT2D eigenvalue weighted by Gasteiger charge is -2.34. The van der Waals surface area contributed by atoms with Crippen LogP contribution in [0.1, 0.15) is 80.7 Å². The van der Waals surface area contributed by atoms with E-state index in [0.717, 1.165) is 46.5 Å². The zero-order valence-electron chi connectivity index (χ0n) is 20.8. The molecule has 1 aliphatic rings. The van der Waals surface area contributed by atoms with Crippen molar-refractivity contribution >= 4 is 10.9 Å². The number of nitrogens with one attached hydrogen (secondary N) is 1. The number of hydrogen-bond acceptors (Lipinski definition) is 6. The summed E-state index contributed by atoms with van der Waals surface area (Å²) < 4.78 is 7.77. The van der Waals surface area contributed by atoms with Gasteiger partial charge < -0.3 is 9.40 Å². The van der Waals surface area contributed by atoms with Gasteiger partial charge >= 0.3 is 0 Å². The van der Waals surface area contributed by atoms with Gasteiger partial charge in [0.1, 0.15) is 5.76 Å². The van der Waals surface area contributed by atoms with E-state index in [1.54, 1.807) is 6.26 Å². The Morgan fingerprint density at radius 2 is 1.97 bits per heavy atom. The number of aromatic nitrogens is 5. The fourth-order valence-electron chi connectivity index (χ4n) is 5.48. The van der Waals surface area contributed by atoms with Gasteiger partial charge in [-0.1, -0.05) is 51.3 Å². The highest BCUT2D eigenvalue weighted by Crippen LogP contribution is 2.34. The molecule has 0 amide bonds. The maximum Gasteiger partial charge on any atom is 0.252 e. The molecule has 1 N–H and O–H groups in total. The Labute approximate surface area is 205 Å². The monoisotopic (exact) mass is 474 g/mol. The van der Waals surface area contributed by atoms with Gasteiger partial charge in [-0.3, -0.25) is 9.69 Å². The summed E-state index contributed by atoms with van der Waals surface area (Å²) in [5, 5.41) is 14.1. The first-order valence-electron chi connectivity index (χ1n) is 12.7. The first-order valence-corrected chi connectivity index (χ1v) is 12.7. The van der Waals surface area contributed by atoms with Gasteiger partial charge in [0, 0.05) is 12.1 Å². The van der Waals surface area contributed by atoms with E-state index >= 15 is 0 Å². The zero-order valence-corrected chi connectivity index (χ0v) is 20.8. The molecule has 1 fully saturated rings. The number of aromatic amines is 1.